The number of hydrogen-bond acceptors (Lipinski definition) is 3. The van der Waals surface area contributed by atoms with Crippen LogP contribution in [-0.4, -0.2) is 33.2 Å². The van der Waals surface area contributed by atoms with Gasteiger partial charge in [0, 0.05) is 12.1 Å². The van der Waals surface area contributed by atoms with Crippen molar-refractivity contribution < 1.29 is 9.47 Å². The SMILES string of the molecule is COc1cc(OC)cc(-c2cccc([C@@H](C)N(C)C)c2)c1. The van der Waals surface area contributed by atoms with E-state index in [-0.39, 0.29) is 0 Å². The van der Waals surface area contributed by atoms with Crippen LogP contribution < -0.4 is 9.47 Å². The van der Waals surface area contributed by atoms with Gasteiger partial charge in [-0.05, 0) is 55.9 Å². The highest BCUT2D eigenvalue weighted by atomic mass is 16.5. The minimum Gasteiger partial charge on any atom is -0.497 e. The Balaban J connectivity index is 2.44. The molecule has 2 rings (SSSR count). The first kappa shape index (κ1) is 15.4. The lowest BCUT2D eigenvalue weighted by molar-refractivity contribution is 0.321. The van der Waals surface area contributed by atoms with Crippen molar-refractivity contribution in [3.63, 3.8) is 0 Å². The molecule has 0 amide bonds. The first-order valence-electron chi connectivity index (χ1n) is 7.05. The molecule has 0 unspecified atom stereocenters. The molecule has 0 aliphatic heterocycles. The Morgan fingerprint density at radius 3 is 2.00 bits per heavy atom. The van der Waals surface area contributed by atoms with Crippen molar-refractivity contribution >= 4 is 0 Å². The third kappa shape index (κ3) is 3.56. The van der Waals surface area contributed by atoms with E-state index in [1.54, 1.807) is 14.2 Å². The van der Waals surface area contributed by atoms with Crippen LogP contribution in [-0.2, 0) is 0 Å². The van der Waals surface area contributed by atoms with Crippen LogP contribution in [0.1, 0.15) is 18.5 Å². The monoisotopic (exact) mass is 285 g/mol. The van der Waals surface area contributed by atoms with Crippen molar-refractivity contribution in [3.8, 4) is 22.6 Å². The molecule has 0 N–H and O–H groups in total. The number of hydrogen-bond donors (Lipinski definition) is 0. The van der Waals surface area contributed by atoms with Crippen LogP contribution in [0.3, 0.4) is 0 Å². The highest BCUT2D eigenvalue weighted by molar-refractivity contribution is 5.68. The standard InChI is InChI=1S/C18H23NO2/c1-13(19(2)3)14-7-6-8-15(9-14)16-10-17(20-4)12-18(11-16)21-5/h6-13H,1-5H3/t13-/m1/s1. The van der Waals surface area contributed by atoms with E-state index in [9.17, 15) is 0 Å². The second kappa shape index (κ2) is 6.64. The van der Waals surface area contributed by atoms with Gasteiger partial charge in [-0.1, -0.05) is 18.2 Å². The van der Waals surface area contributed by atoms with E-state index in [0.29, 0.717) is 6.04 Å². The van der Waals surface area contributed by atoms with Crippen LogP contribution in [0.5, 0.6) is 11.5 Å². The molecular formula is C18H23NO2. The third-order valence-corrected chi connectivity index (χ3v) is 3.83. The first-order valence-corrected chi connectivity index (χ1v) is 7.05. The van der Waals surface area contributed by atoms with Gasteiger partial charge in [0.05, 0.1) is 14.2 Å². The van der Waals surface area contributed by atoms with Crippen LogP contribution in [0, 0.1) is 0 Å². The molecule has 0 aliphatic carbocycles. The van der Waals surface area contributed by atoms with Crippen molar-refractivity contribution in [3.05, 3.63) is 48.0 Å². The second-order valence-corrected chi connectivity index (χ2v) is 5.37. The quantitative estimate of drug-likeness (QED) is 0.829. The van der Waals surface area contributed by atoms with Crippen LogP contribution in [0.15, 0.2) is 42.5 Å². The molecule has 2 aromatic carbocycles. The first-order chi connectivity index (χ1) is 10.0. The summed E-state index contributed by atoms with van der Waals surface area (Å²) in [6, 6.07) is 14.9. The zero-order valence-corrected chi connectivity index (χ0v) is 13.4. The molecular weight excluding hydrogens is 262 g/mol. The van der Waals surface area contributed by atoms with Crippen LogP contribution >= 0.6 is 0 Å². The molecule has 21 heavy (non-hydrogen) atoms. The van der Waals surface area contributed by atoms with Crippen LogP contribution in [0.2, 0.25) is 0 Å². The van der Waals surface area contributed by atoms with Crippen molar-refractivity contribution in [1.29, 1.82) is 0 Å². The molecule has 0 saturated heterocycles. The van der Waals surface area contributed by atoms with E-state index >= 15 is 0 Å². The van der Waals surface area contributed by atoms with Gasteiger partial charge < -0.3 is 14.4 Å². The van der Waals surface area contributed by atoms with E-state index in [1.165, 1.54) is 11.1 Å². The molecule has 1 atom stereocenters. The van der Waals surface area contributed by atoms with Gasteiger partial charge in [0.2, 0.25) is 0 Å². The molecule has 0 bridgehead atoms. The zero-order chi connectivity index (χ0) is 15.4. The Labute approximate surface area is 127 Å². The van der Waals surface area contributed by atoms with Crippen molar-refractivity contribution in [1.82, 2.24) is 4.90 Å². The van der Waals surface area contributed by atoms with E-state index in [1.807, 2.05) is 18.2 Å². The largest absolute Gasteiger partial charge is 0.497 e. The molecule has 0 spiro atoms. The summed E-state index contributed by atoms with van der Waals surface area (Å²) in [7, 11) is 7.52. The fourth-order valence-electron chi connectivity index (χ4n) is 2.25. The van der Waals surface area contributed by atoms with Gasteiger partial charge in [-0.15, -0.1) is 0 Å². The van der Waals surface area contributed by atoms with Gasteiger partial charge in [0.1, 0.15) is 11.5 Å². The summed E-state index contributed by atoms with van der Waals surface area (Å²) < 4.78 is 10.7. The lowest BCUT2D eigenvalue weighted by Crippen LogP contribution is -2.16. The Morgan fingerprint density at radius 1 is 0.857 bits per heavy atom. The van der Waals surface area contributed by atoms with Crippen LogP contribution in [0.4, 0.5) is 0 Å². The lowest BCUT2D eigenvalue weighted by atomic mass is 9.99. The number of rotatable bonds is 5. The Morgan fingerprint density at radius 2 is 1.48 bits per heavy atom. The number of benzene rings is 2. The topological polar surface area (TPSA) is 21.7 Å². The van der Waals surface area contributed by atoms with Crippen LogP contribution in [0.25, 0.3) is 11.1 Å². The highest BCUT2D eigenvalue weighted by Gasteiger charge is 2.10. The highest BCUT2D eigenvalue weighted by Crippen LogP contribution is 2.31. The van der Waals surface area contributed by atoms with Gasteiger partial charge in [-0.2, -0.15) is 0 Å². The van der Waals surface area contributed by atoms with E-state index in [4.69, 9.17) is 9.47 Å². The average Bonchev–Trinajstić information content (AvgIpc) is 2.53. The van der Waals surface area contributed by atoms with E-state index in [0.717, 1.165) is 17.1 Å². The summed E-state index contributed by atoms with van der Waals surface area (Å²) in [5, 5.41) is 0. The third-order valence-electron chi connectivity index (χ3n) is 3.83. The predicted octanol–water partition coefficient (Wildman–Crippen LogP) is 3.99. The average molecular weight is 285 g/mol. The molecule has 0 radical (unpaired) electrons. The van der Waals surface area contributed by atoms with E-state index in [2.05, 4.69) is 50.2 Å². The van der Waals surface area contributed by atoms with Gasteiger partial charge in [0.25, 0.3) is 0 Å². The molecule has 0 heterocycles. The van der Waals surface area contributed by atoms with Gasteiger partial charge >= 0.3 is 0 Å². The molecule has 112 valence electrons. The maximum Gasteiger partial charge on any atom is 0.123 e. The molecule has 0 fully saturated rings. The van der Waals surface area contributed by atoms with Gasteiger partial charge in [-0.3, -0.25) is 0 Å². The minimum atomic E-state index is 0.373. The second-order valence-electron chi connectivity index (χ2n) is 5.37. The summed E-state index contributed by atoms with van der Waals surface area (Å²) in [6.07, 6.45) is 0. The normalized spacial score (nSPS) is 12.3. The number of nitrogens with zero attached hydrogens (tertiary/aromatic N) is 1. The van der Waals surface area contributed by atoms with Gasteiger partial charge in [-0.25, -0.2) is 0 Å². The summed E-state index contributed by atoms with van der Waals surface area (Å²) in [4.78, 5) is 2.20. The lowest BCUT2D eigenvalue weighted by Gasteiger charge is -2.20. The van der Waals surface area contributed by atoms with Crippen molar-refractivity contribution in [2.45, 2.75) is 13.0 Å². The number of ether oxygens (including phenoxy) is 2. The summed E-state index contributed by atoms with van der Waals surface area (Å²) in [6.45, 7) is 2.20. The Kier molecular flexibility index (Phi) is 4.86. The molecule has 3 nitrogen and oxygen atoms in total. The van der Waals surface area contributed by atoms with E-state index < -0.39 is 0 Å². The van der Waals surface area contributed by atoms with Crippen molar-refractivity contribution in [2.75, 3.05) is 28.3 Å². The predicted molar refractivity (Wildman–Crippen MR) is 87.1 cm³/mol. The van der Waals surface area contributed by atoms with Crippen molar-refractivity contribution in [2.24, 2.45) is 0 Å². The molecule has 2 aromatic rings. The smallest absolute Gasteiger partial charge is 0.123 e. The van der Waals surface area contributed by atoms with Gasteiger partial charge in [0.15, 0.2) is 0 Å². The molecule has 0 aliphatic rings. The fourth-order valence-corrected chi connectivity index (χ4v) is 2.25. The molecule has 0 saturated carbocycles. The summed E-state index contributed by atoms with van der Waals surface area (Å²) >= 11 is 0. The molecule has 3 heteroatoms. The number of methoxy groups -OCH3 is 2. The summed E-state index contributed by atoms with van der Waals surface area (Å²) in [5.41, 5.74) is 3.55. The maximum absolute atomic E-state index is 5.35. The Hall–Kier alpha value is -2.00. The minimum absolute atomic E-state index is 0.373. The fraction of sp³-hybridized carbons (Fsp3) is 0.333. The zero-order valence-electron chi connectivity index (χ0n) is 13.4. The summed E-state index contributed by atoms with van der Waals surface area (Å²) in [5.74, 6) is 1.60. The Bertz CT molecular complexity index is 586. The molecule has 0 aromatic heterocycles. The maximum atomic E-state index is 5.35.